The van der Waals surface area contributed by atoms with E-state index in [-0.39, 0.29) is 5.75 Å². The summed E-state index contributed by atoms with van der Waals surface area (Å²) in [5.74, 6) is -2.31. The molecule has 1 aromatic carbocycles. The molecule has 0 radical (unpaired) electrons. The normalized spacial score (nSPS) is 14.5. The Labute approximate surface area is 86.5 Å². The minimum Gasteiger partial charge on any atom is -0.508 e. The number of hydrogen-bond acceptors (Lipinski definition) is 4. The van der Waals surface area contributed by atoms with Crippen LogP contribution in [0.3, 0.4) is 0 Å². The Hall–Kier alpha value is -1.59. The quantitative estimate of drug-likeness (QED) is 0.633. The van der Waals surface area contributed by atoms with Crippen molar-refractivity contribution in [2.45, 2.75) is 12.2 Å². The van der Waals surface area contributed by atoms with Crippen LogP contribution in [0.25, 0.3) is 0 Å². The molecule has 0 fully saturated rings. The van der Waals surface area contributed by atoms with E-state index in [2.05, 4.69) is 4.74 Å². The Morgan fingerprint density at radius 3 is 2.27 bits per heavy atom. The molecule has 5 nitrogen and oxygen atoms in total. The number of phenolic OH excluding ortho intramolecular Hbond substituents is 1. The molecule has 0 aliphatic rings. The molecule has 82 valence electrons. The number of rotatable bonds is 4. The molecule has 0 heterocycles. The van der Waals surface area contributed by atoms with Crippen molar-refractivity contribution in [2.75, 3.05) is 7.11 Å². The summed E-state index contributed by atoms with van der Waals surface area (Å²) in [7, 11) is 1.22. The Morgan fingerprint density at radius 2 is 1.87 bits per heavy atom. The predicted molar refractivity (Wildman–Crippen MR) is 51.5 cm³/mol. The molecule has 1 aromatic rings. The van der Waals surface area contributed by atoms with Crippen LogP contribution in [0.1, 0.15) is 11.5 Å². The maximum absolute atomic E-state index is 10.9. The molecule has 0 spiro atoms. The van der Waals surface area contributed by atoms with Gasteiger partial charge in [0.05, 0.1) is 0 Å². The van der Waals surface area contributed by atoms with Crippen LogP contribution in [0.4, 0.5) is 0 Å². The summed E-state index contributed by atoms with van der Waals surface area (Å²) in [6, 6.07) is 5.56. The van der Waals surface area contributed by atoms with Gasteiger partial charge in [-0.05, 0) is 17.7 Å². The van der Waals surface area contributed by atoms with Crippen LogP contribution >= 0.6 is 0 Å². The Bertz CT molecular complexity index is 332. The number of methoxy groups -OCH3 is 1. The second-order valence-electron chi connectivity index (χ2n) is 3.03. The van der Waals surface area contributed by atoms with E-state index in [1.165, 1.54) is 31.4 Å². The topological polar surface area (TPSA) is 87.0 Å². The van der Waals surface area contributed by atoms with Gasteiger partial charge in [-0.3, -0.25) is 4.79 Å². The molecule has 0 aromatic heterocycles. The largest absolute Gasteiger partial charge is 0.508 e. The maximum Gasteiger partial charge on any atom is 0.316 e. The SMILES string of the molecule is COC(O)C(C(=O)O)c1ccc(O)cc1. The van der Waals surface area contributed by atoms with Crippen molar-refractivity contribution in [2.24, 2.45) is 0 Å². The van der Waals surface area contributed by atoms with Gasteiger partial charge in [0, 0.05) is 7.11 Å². The summed E-state index contributed by atoms with van der Waals surface area (Å²) in [4.78, 5) is 10.9. The lowest BCUT2D eigenvalue weighted by Crippen LogP contribution is -2.27. The fourth-order valence-corrected chi connectivity index (χ4v) is 1.25. The predicted octanol–water partition coefficient (Wildman–Crippen LogP) is 0.525. The van der Waals surface area contributed by atoms with Gasteiger partial charge in [-0.2, -0.15) is 0 Å². The highest BCUT2D eigenvalue weighted by molar-refractivity contribution is 5.76. The van der Waals surface area contributed by atoms with Crippen LogP contribution < -0.4 is 0 Å². The minimum absolute atomic E-state index is 0.0368. The summed E-state index contributed by atoms with van der Waals surface area (Å²) in [6.45, 7) is 0. The maximum atomic E-state index is 10.9. The van der Waals surface area contributed by atoms with Crippen molar-refractivity contribution in [3.63, 3.8) is 0 Å². The first-order chi connectivity index (χ1) is 7.06. The average molecular weight is 212 g/mol. The van der Waals surface area contributed by atoms with Gasteiger partial charge in [-0.15, -0.1) is 0 Å². The van der Waals surface area contributed by atoms with Gasteiger partial charge < -0.3 is 20.1 Å². The minimum atomic E-state index is -1.41. The van der Waals surface area contributed by atoms with Gasteiger partial charge in [0.15, 0.2) is 6.29 Å². The molecule has 2 unspecified atom stereocenters. The Kier molecular flexibility index (Phi) is 3.65. The van der Waals surface area contributed by atoms with Gasteiger partial charge in [0.25, 0.3) is 0 Å². The molecule has 0 aliphatic heterocycles. The third kappa shape index (κ3) is 2.68. The van der Waals surface area contributed by atoms with Crippen molar-refractivity contribution in [3.05, 3.63) is 29.8 Å². The number of carbonyl (C=O) groups is 1. The fourth-order valence-electron chi connectivity index (χ4n) is 1.25. The molecule has 0 saturated carbocycles. The smallest absolute Gasteiger partial charge is 0.316 e. The number of carboxylic acids is 1. The molecule has 15 heavy (non-hydrogen) atoms. The number of aromatic hydroxyl groups is 1. The van der Waals surface area contributed by atoms with Gasteiger partial charge in [0.1, 0.15) is 11.7 Å². The van der Waals surface area contributed by atoms with Gasteiger partial charge >= 0.3 is 5.97 Å². The van der Waals surface area contributed by atoms with E-state index in [1.54, 1.807) is 0 Å². The van der Waals surface area contributed by atoms with Crippen LogP contribution in [0.15, 0.2) is 24.3 Å². The van der Waals surface area contributed by atoms with Crippen LogP contribution in [0.2, 0.25) is 0 Å². The van der Waals surface area contributed by atoms with Gasteiger partial charge in [-0.1, -0.05) is 12.1 Å². The van der Waals surface area contributed by atoms with E-state index in [1.807, 2.05) is 0 Å². The molecule has 5 heteroatoms. The summed E-state index contributed by atoms with van der Waals surface area (Å²) in [5.41, 5.74) is 0.370. The zero-order valence-corrected chi connectivity index (χ0v) is 8.12. The molecular weight excluding hydrogens is 200 g/mol. The van der Waals surface area contributed by atoms with Crippen LogP contribution in [0.5, 0.6) is 5.75 Å². The van der Waals surface area contributed by atoms with Crippen molar-refractivity contribution in [3.8, 4) is 5.75 Å². The first kappa shape index (κ1) is 11.5. The highest BCUT2D eigenvalue weighted by atomic mass is 16.6. The van der Waals surface area contributed by atoms with Crippen molar-refractivity contribution < 1.29 is 24.9 Å². The number of aliphatic hydroxyl groups excluding tert-OH is 1. The van der Waals surface area contributed by atoms with Gasteiger partial charge in [0.2, 0.25) is 0 Å². The molecular formula is C10H12O5. The summed E-state index contributed by atoms with van der Waals surface area (Å²) in [5, 5.41) is 27.3. The van der Waals surface area contributed by atoms with Crippen LogP contribution in [-0.4, -0.2) is 34.7 Å². The number of phenols is 1. The first-order valence-electron chi connectivity index (χ1n) is 4.29. The molecule has 0 aliphatic carbocycles. The summed E-state index contributed by atoms with van der Waals surface area (Å²) < 4.78 is 4.57. The number of aliphatic hydroxyl groups is 1. The first-order valence-corrected chi connectivity index (χ1v) is 4.29. The van der Waals surface area contributed by atoms with E-state index < -0.39 is 18.2 Å². The second-order valence-corrected chi connectivity index (χ2v) is 3.03. The lowest BCUT2D eigenvalue weighted by atomic mass is 9.98. The second kappa shape index (κ2) is 4.77. The van der Waals surface area contributed by atoms with Crippen LogP contribution in [0, 0.1) is 0 Å². The standard InChI is InChI=1S/C10H12O5/c1-15-10(14)8(9(12)13)6-2-4-7(11)5-3-6/h2-5,8,10-11,14H,1H3,(H,12,13). The summed E-state index contributed by atoms with van der Waals surface area (Å²) in [6.07, 6.45) is -1.41. The molecule has 3 N–H and O–H groups in total. The van der Waals surface area contributed by atoms with Crippen molar-refractivity contribution in [1.29, 1.82) is 0 Å². The third-order valence-corrected chi connectivity index (χ3v) is 2.04. The molecule has 1 rings (SSSR count). The van der Waals surface area contributed by atoms with E-state index in [4.69, 9.17) is 10.2 Å². The zero-order valence-electron chi connectivity index (χ0n) is 8.12. The Morgan fingerprint density at radius 1 is 1.33 bits per heavy atom. The highest BCUT2D eigenvalue weighted by Crippen LogP contribution is 2.22. The van der Waals surface area contributed by atoms with Crippen molar-refractivity contribution >= 4 is 5.97 Å². The highest BCUT2D eigenvalue weighted by Gasteiger charge is 2.28. The number of benzene rings is 1. The van der Waals surface area contributed by atoms with E-state index in [0.29, 0.717) is 5.56 Å². The number of carboxylic acid groups (broad SMARTS) is 1. The fraction of sp³-hybridized carbons (Fsp3) is 0.300. The van der Waals surface area contributed by atoms with Gasteiger partial charge in [-0.25, -0.2) is 0 Å². The number of ether oxygens (including phenoxy) is 1. The number of aliphatic carboxylic acids is 1. The molecule has 0 bridgehead atoms. The monoisotopic (exact) mass is 212 g/mol. The van der Waals surface area contributed by atoms with Crippen LogP contribution in [-0.2, 0) is 9.53 Å². The third-order valence-electron chi connectivity index (χ3n) is 2.04. The van der Waals surface area contributed by atoms with Crippen molar-refractivity contribution in [1.82, 2.24) is 0 Å². The van der Waals surface area contributed by atoms with E-state index >= 15 is 0 Å². The molecule has 0 saturated heterocycles. The number of hydrogen-bond donors (Lipinski definition) is 3. The zero-order chi connectivity index (χ0) is 11.4. The molecule has 2 atom stereocenters. The average Bonchev–Trinajstić information content (AvgIpc) is 2.20. The van der Waals surface area contributed by atoms with E-state index in [0.717, 1.165) is 0 Å². The lowest BCUT2D eigenvalue weighted by molar-refractivity contribution is -0.154. The lowest BCUT2D eigenvalue weighted by Gasteiger charge is -2.17. The summed E-state index contributed by atoms with van der Waals surface area (Å²) >= 11 is 0. The van der Waals surface area contributed by atoms with E-state index in [9.17, 15) is 9.90 Å². The Balaban J connectivity index is 2.99. The molecule has 0 amide bonds.